The molecule has 0 amide bonds. The monoisotopic (exact) mass is 197 g/mol. The van der Waals surface area contributed by atoms with E-state index in [0.29, 0.717) is 0 Å². The Kier molecular flexibility index (Phi) is 3.50. The third kappa shape index (κ3) is 2.51. The number of hydrogen-bond donors (Lipinski definition) is 0. The van der Waals surface area contributed by atoms with Gasteiger partial charge in [-0.15, -0.1) is 11.6 Å². The Morgan fingerprint density at radius 2 is 1.91 bits per heavy atom. The average Bonchev–Trinajstić information content (AvgIpc) is 2.06. The molecule has 0 aromatic heterocycles. The fourth-order valence-electron chi connectivity index (χ4n) is 1.11. The summed E-state index contributed by atoms with van der Waals surface area (Å²) in [6.45, 7) is 3.84. The summed E-state index contributed by atoms with van der Waals surface area (Å²) < 4.78 is 7.73. The number of rotatable bonds is 2. The molecule has 0 spiro atoms. The van der Waals surface area contributed by atoms with Crippen LogP contribution in [-0.4, -0.2) is 48.3 Å². The molecule has 0 radical (unpaired) electrons. The van der Waals surface area contributed by atoms with Crippen LogP contribution < -0.4 is 0 Å². The van der Waals surface area contributed by atoms with Crippen molar-refractivity contribution in [3.8, 4) is 0 Å². The van der Waals surface area contributed by atoms with Gasteiger partial charge in [-0.25, -0.2) is 0 Å². The van der Waals surface area contributed by atoms with Crippen molar-refractivity contribution in [2.24, 2.45) is 0 Å². The van der Waals surface area contributed by atoms with Crippen LogP contribution >= 0.6 is 21.8 Å². The zero-order valence-electron chi connectivity index (χ0n) is 7.18. The molecule has 0 aromatic carbocycles. The van der Waals surface area contributed by atoms with Gasteiger partial charge in [-0.05, 0) is 12.5 Å². The van der Waals surface area contributed by atoms with Gasteiger partial charge in [0.1, 0.15) is 0 Å². The molecule has 0 unspecified atom stereocenters. The van der Waals surface area contributed by atoms with Crippen LogP contribution in [0.2, 0.25) is 0 Å². The minimum Gasteiger partial charge on any atom is -0.379 e. The van der Waals surface area contributed by atoms with Gasteiger partial charge in [0.2, 0.25) is 0 Å². The van der Waals surface area contributed by atoms with Crippen LogP contribution in [0.4, 0.5) is 0 Å². The summed E-state index contributed by atoms with van der Waals surface area (Å²) in [7, 11) is -0.702. The Balaban J connectivity index is 2.43. The number of alkyl halides is 1. The Morgan fingerprint density at radius 1 is 1.36 bits per heavy atom. The lowest BCUT2D eigenvalue weighted by Crippen LogP contribution is -2.38. The Hall–Kier alpha value is 0.560. The molecule has 1 aliphatic heterocycles. The van der Waals surface area contributed by atoms with E-state index in [0.717, 1.165) is 31.5 Å². The molecule has 0 saturated carbocycles. The number of halogens is 1. The smallest absolute Gasteiger partial charge is 0.0634 e. The summed E-state index contributed by atoms with van der Waals surface area (Å²) in [4.78, 5) is 0. The molecule has 1 aliphatic rings. The van der Waals surface area contributed by atoms with E-state index in [1.54, 1.807) is 0 Å². The van der Waals surface area contributed by atoms with Crippen LogP contribution in [0.5, 0.6) is 0 Å². The third-order valence-corrected chi connectivity index (χ3v) is 5.84. The first-order chi connectivity index (χ1) is 5.17. The molecule has 1 heterocycles. The molecule has 1 fully saturated rings. The Morgan fingerprint density at radius 3 is 2.36 bits per heavy atom. The minimum absolute atomic E-state index is 0.702. The van der Waals surface area contributed by atoms with Crippen LogP contribution in [0.1, 0.15) is 0 Å². The van der Waals surface area contributed by atoms with Gasteiger partial charge in [-0.3, -0.25) is 4.31 Å². The van der Waals surface area contributed by atoms with Crippen molar-refractivity contribution < 1.29 is 4.74 Å². The first kappa shape index (κ1) is 9.65. The summed E-state index contributed by atoms with van der Waals surface area (Å²) in [5, 5.41) is 0.771. The fraction of sp³-hybridized carbons (Fsp3) is 1.00. The van der Waals surface area contributed by atoms with Crippen LogP contribution in [0.3, 0.4) is 0 Å². The predicted octanol–water partition coefficient (Wildman–Crippen LogP) is 1.49. The lowest BCUT2D eigenvalue weighted by Gasteiger charge is -2.43. The normalized spacial score (nSPS) is 23.5. The predicted molar refractivity (Wildman–Crippen MR) is 52.6 cm³/mol. The maximum atomic E-state index is 5.88. The van der Waals surface area contributed by atoms with E-state index in [1.165, 1.54) is 0 Å². The van der Waals surface area contributed by atoms with Crippen molar-refractivity contribution in [1.82, 2.24) is 4.31 Å². The standard InChI is InChI=1S/C7H16ClNOS/c1-11(2,7-8)9-3-5-10-6-4-9/h3-7H2,1-2H3. The maximum absolute atomic E-state index is 5.88. The SMILES string of the molecule is CS(C)(CCl)N1CCOCC1. The summed E-state index contributed by atoms with van der Waals surface area (Å²) >= 11 is 5.88. The van der Waals surface area contributed by atoms with Gasteiger partial charge in [-0.2, -0.15) is 10.2 Å². The van der Waals surface area contributed by atoms with Crippen LogP contribution in [0.15, 0.2) is 0 Å². The van der Waals surface area contributed by atoms with Crippen molar-refractivity contribution in [3.63, 3.8) is 0 Å². The number of morpholine rings is 1. The molecule has 4 heteroatoms. The van der Waals surface area contributed by atoms with Crippen molar-refractivity contribution in [3.05, 3.63) is 0 Å². The topological polar surface area (TPSA) is 12.5 Å². The summed E-state index contributed by atoms with van der Waals surface area (Å²) in [5.74, 6) is 0. The van der Waals surface area contributed by atoms with E-state index >= 15 is 0 Å². The molecule has 1 rings (SSSR count). The maximum Gasteiger partial charge on any atom is 0.0634 e. The minimum atomic E-state index is -0.702. The van der Waals surface area contributed by atoms with Gasteiger partial charge < -0.3 is 4.74 Å². The summed E-state index contributed by atoms with van der Waals surface area (Å²) in [6.07, 6.45) is 4.51. The van der Waals surface area contributed by atoms with Crippen molar-refractivity contribution in [2.45, 2.75) is 0 Å². The van der Waals surface area contributed by atoms with Gasteiger partial charge in [0, 0.05) is 13.1 Å². The second-order valence-corrected chi connectivity index (χ2v) is 7.48. The quantitative estimate of drug-likeness (QED) is 0.623. The molecule has 0 bridgehead atoms. The second kappa shape index (κ2) is 3.99. The van der Waals surface area contributed by atoms with Crippen LogP contribution in [0, 0.1) is 0 Å². The molecule has 0 aliphatic carbocycles. The molecule has 68 valence electrons. The highest BCUT2D eigenvalue weighted by molar-refractivity contribution is 8.31. The molecule has 0 atom stereocenters. The lowest BCUT2D eigenvalue weighted by molar-refractivity contribution is 0.0758. The lowest BCUT2D eigenvalue weighted by atomic mass is 10.5. The first-order valence-electron chi connectivity index (χ1n) is 3.76. The Labute approximate surface area is 75.3 Å². The van der Waals surface area contributed by atoms with E-state index in [1.807, 2.05) is 0 Å². The highest BCUT2D eigenvalue weighted by Crippen LogP contribution is 2.44. The number of nitrogens with zero attached hydrogens (tertiary/aromatic N) is 1. The average molecular weight is 198 g/mol. The second-order valence-electron chi connectivity index (χ2n) is 3.13. The van der Waals surface area contributed by atoms with Gasteiger partial charge in [0.05, 0.1) is 18.4 Å². The van der Waals surface area contributed by atoms with E-state index in [4.69, 9.17) is 16.3 Å². The molecule has 0 N–H and O–H groups in total. The van der Waals surface area contributed by atoms with Crippen LogP contribution in [-0.2, 0) is 4.74 Å². The molecule has 1 saturated heterocycles. The van der Waals surface area contributed by atoms with Crippen molar-refractivity contribution >= 4 is 21.8 Å². The number of ether oxygens (including phenoxy) is 1. The van der Waals surface area contributed by atoms with E-state index in [-0.39, 0.29) is 0 Å². The van der Waals surface area contributed by atoms with Gasteiger partial charge in [0.25, 0.3) is 0 Å². The highest BCUT2D eigenvalue weighted by atomic mass is 35.5. The van der Waals surface area contributed by atoms with Crippen molar-refractivity contribution in [2.75, 3.05) is 44.0 Å². The Bertz CT molecular complexity index is 126. The molecule has 0 aromatic rings. The number of hydrogen-bond acceptors (Lipinski definition) is 2. The van der Waals surface area contributed by atoms with Crippen LogP contribution in [0.25, 0.3) is 0 Å². The summed E-state index contributed by atoms with van der Waals surface area (Å²) in [5.41, 5.74) is 0. The first-order valence-corrected chi connectivity index (χ1v) is 6.87. The van der Waals surface area contributed by atoms with E-state index < -0.39 is 10.2 Å². The van der Waals surface area contributed by atoms with Gasteiger partial charge >= 0.3 is 0 Å². The zero-order chi connectivity index (χ0) is 8.32. The fourth-order valence-corrected chi connectivity index (χ4v) is 2.80. The van der Waals surface area contributed by atoms with Crippen molar-refractivity contribution in [1.29, 1.82) is 0 Å². The van der Waals surface area contributed by atoms with E-state index in [9.17, 15) is 0 Å². The van der Waals surface area contributed by atoms with Gasteiger partial charge in [-0.1, -0.05) is 0 Å². The third-order valence-electron chi connectivity index (χ3n) is 1.94. The molecule has 11 heavy (non-hydrogen) atoms. The zero-order valence-corrected chi connectivity index (χ0v) is 8.75. The van der Waals surface area contributed by atoms with Gasteiger partial charge in [0.15, 0.2) is 0 Å². The summed E-state index contributed by atoms with van der Waals surface area (Å²) in [6, 6.07) is 0. The molecular weight excluding hydrogens is 182 g/mol. The largest absolute Gasteiger partial charge is 0.379 e. The molecule has 2 nitrogen and oxygen atoms in total. The highest BCUT2D eigenvalue weighted by Gasteiger charge is 2.22. The van der Waals surface area contributed by atoms with E-state index in [2.05, 4.69) is 16.8 Å². The molecular formula is C7H16ClNOS.